The Kier molecular flexibility index (Phi) is 4.54. The highest BCUT2D eigenvalue weighted by molar-refractivity contribution is 6.99. The fourth-order valence-electron chi connectivity index (χ4n) is 6.28. The highest BCUT2D eigenvalue weighted by atomic mass is 28.4. The van der Waals surface area contributed by atoms with Crippen LogP contribution in [0.5, 0.6) is 0 Å². The first-order chi connectivity index (χ1) is 13.9. The third-order valence-electron chi connectivity index (χ3n) is 7.65. The van der Waals surface area contributed by atoms with Crippen LogP contribution in [0.4, 0.5) is 4.39 Å². The summed E-state index contributed by atoms with van der Waals surface area (Å²) in [5.41, 5.74) is -0.0862. The summed E-state index contributed by atoms with van der Waals surface area (Å²) in [6.07, 6.45) is 1.19. The van der Waals surface area contributed by atoms with Crippen LogP contribution in [0, 0.1) is 11.8 Å². The number of nitrogens with zero attached hydrogens (tertiary/aromatic N) is 1. The lowest BCUT2D eigenvalue weighted by molar-refractivity contribution is 0.0826. The summed E-state index contributed by atoms with van der Waals surface area (Å²) < 4.78 is 21.7. The van der Waals surface area contributed by atoms with E-state index in [4.69, 9.17) is 4.43 Å². The van der Waals surface area contributed by atoms with E-state index in [-0.39, 0.29) is 10.6 Å². The molecule has 0 amide bonds. The average Bonchev–Trinajstić information content (AvgIpc) is 3.31. The molecule has 3 aliphatic rings. The first kappa shape index (κ1) is 19.5. The van der Waals surface area contributed by atoms with Gasteiger partial charge < -0.3 is 4.43 Å². The summed E-state index contributed by atoms with van der Waals surface area (Å²) in [4.78, 5) is 2.42. The molecule has 2 aromatic rings. The van der Waals surface area contributed by atoms with Crippen LogP contribution in [-0.2, 0) is 4.43 Å². The molecule has 0 radical (unpaired) electrons. The summed E-state index contributed by atoms with van der Waals surface area (Å²) >= 11 is 0. The van der Waals surface area contributed by atoms with Crippen molar-refractivity contribution in [3.63, 3.8) is 0 Å². The molecule has 2 aromatic carbocycles. The standard InChI is InChI=1S/C25H32FNOSi/c1-24(2,3)29(21-10-6-4-7-11-21,22-12-8-5-9-13-22)28-18-25-15-20(26)17-27(25)16-19-14-23(19)25/h4-13,19-20,23H,14-18H2,1-3H3/t19?,20-,23?,25+/m1/s1. The normalized spacial score (nSPS) is 31.5. The maximum absolute atomic E-state index is 14.5. The van der Waals surface area contributed by atoms with Gasteiger partial charge in [0.25, 0.3) is 8.32 Å². The van der Waals surface area contributed by atoms with E-state index in [1.807, 2.05) is 0 Å². The SMILES string of the molecule is CC(C)(C)[Si](OC[C@]12C[C@@H](F)CN1CC1CC12)(c1ccccc1)c1ccccc1. The second-order valence-electron chi connectivity index (χ2n) is 10.4. The van der Waals surface area contributed by atoms with Gasteiger partial charge >= 0.3 is 0 Å². The molecule has 1 saturated carbocycles. The zero-order valence-corrected chi connectivity index (χ0v) is 18.8. The van der Waals surface area contributed by atoms with Crippen LogP contribution in [0.25, 0.3) is 0 Å². The number of benzene rings is 2. The fourth-order valence-corrected chi connectivity index (χ4v) is 10.9. The lowest BCUT2D eigenvalue weighted by Crippen LogP contribution is -2.68. The second kappa shape index (κ2) is 6.76. The van der Waals surface area contributed by atoms with Crippen molar-refractivity contribution in [2.45, 2.75) is 50.4 Å². The van der Waals surface area contributed by atoms with Gasteiger partial charge in [-0.3, -0.25) is 4.90 Å². The molecule has 3 fully saturated rings. The molecule has 2 saturated heterocycles. The molecule has 2 aliphatic heterocycles. The molecule has 29 heavy (non-hydrogen) atoms. The Bertz CT molecular complexity index is 826. The van der Waals surface area contributed by atoms with Gasteiger partial charge in [0.05, 0.1) is 6.61 Å². The van der Waals surface area contributed by atoms with Crippen molar-refractivity contribution in [2.75, 3.05) is 19.7 Å². The minimum absolute atomic E-state index is 0.0353. The van der Waals surface area contributed by atoms with Gasteiger partial charge in [-0.25, -0.2) is 4.39 Å². The Morgan fingerprint density at radius 2 is 1.59 bits per heavy atom. The molecule has 4 atom stereocenters. The number of rotatable bonds is 5. The van der Waals surface area contributed by atoms with Crippen LogP contribution < -0.4 is 10.4 Å². The van der Waals surface area contributed by atoms with Crippen LogP contribution in [0.1, 0.15) is 33.6 Å². The lowest BCUT2D eigenvalue weighted by Gasteiger charge is -2.46. The van der Waals surface area contributed by atoms with Crippen molar-refractivity contribution in [1.29, 1.82) is 0 Å². The average molecular weight is 410 g/mol. The summed E-state index contributed by atoms with van der Waals surface area (Å²) in [5, 5.41) is 2.58. The summed E-state index contributed by atoms with van der Waals surface area (Å²) in [7, 11) is -2.56. The molecule has 2 heterocycles. The molecule has 5 rings (SSSR count). The number of alkyl halides is 1. The van der Waals surface area contributed by atoms with Crippen LogP contribution >= 0.6 is 0 Å². The summed E-state index contributed by atoms with van der Waals surface area (Å²) in [6, 6.07) is 21.6. The van der Waals surface area contributed by atoms with Crippen molar-refractivity contribution in [1.82, 2.24) is 4.90 Å². The Hall–Kier alpha value is -1.49. The second-order valence-corrected chi connectivity index (χ2v) is 14.7. The molecular formula is C25H32FNOSi. The van der Waals surface area contributed by atoms with E-state index < -0.39 is 14.5 Å². The highest BCUT2D eigenvalue weighted by Gasteiger charge is 2.66. The van der Waals surface area contributed by atoms with E-state index in [9.17, 15) is 4.39 Å². The maximum atomic E-state index is 14.5. The van der Waals surface area contributed by atoms with Crippen molar-refractivity contribution in [3.8, 4) is 0 Å². The topological polar surface area (TPSA) is 12.5 Å². The Labute approximate surface area is 175 Å². The fraction of sp³-hybridized carbons (Fsp3) is 0.520. The highest BCUT2D eigenvalue weighted by Crippen LogP contribution is 2.60. The van der Waals surface area contributed by atoms with Crippen LogP contribution in [0.3, 0.4) is 0 Å². The van der Waals surface area contributed by atoms with E-state index >= 15 is 0 Å². The molecule has 1 aliphatic carbocycles. The third kappa shape index (κ3) is 2.95. The largest absolute Gasteiger partial charge is 0.406 e. The van der Waals surface area contributed by atoms with Crippen molar-refractivity contribution < 1.29 is 8.82 Å². The minimum atomic E-state index is -2.56. The van der Waals surface area contributed by atoms with Gasteiger partial charge in [-0.15, -0.1) is 0 Å². The molecule has 0 aromatic heterocycles. The minimum Gasteiger partial charge on any atom is -0.406 e. The van der Waals surface area contributed by atoms with Crippen molar-refractivity contribution >= 4 is 18.7 Å². The number of fused-ring (bicyclic) bond motifs is 3. The first-order valence-electron chi connectivity index (χ1n) is 11.0. The van der Waals surface area contributed by atoms with Crippen molar-refractivity contribution in [3.05, 3.63) is 60.7 Å². The van der Waals surface area contributed by atoms with E-state index in [0.717, 1.165) is 12.5 Å². The van der Waals surface area contributed by atoms with Gasteiger partial charge in [-0.2, -0.15) is 0 Å². The zero-order valence-electron chi connectivity index (χ0n) is 17.8. The molecule has 2 unspecified atom stereocenters. The molecule has 0 N–H and O–H groups in total. The Morgan fingerprint density at radius 1 is 1.00 bits per heavy atom. The van der Waals surface area contributed by atoms with Crippen LogP contribution in [-0.4, -0.2) is 44.6 Å². The number of hydrogen-bond donors (Lipinski definition) is 0. The number of piperidine rings is 1. The van der Waals surface area contributed by atoms with Crippen LogP contribution in [0.2, 0.25) is 5.04 Å². The van der Waals surface area contributed by atoms with Gasteiger partial charge in [-0.05, 0) is 33.7 Å². The molecular weight excluding hydrogens is 377 g/mol. The van der Waals surface area contributed by atoms with Gasteiger partial charge in [0.15, 0.2) is 0 Å². The lowest BCUT2D eigenvalue weighted by atomic mass is 9.92. The molecule has 154 valence electrons. The van der Waals surface area contributed by atoms with Gasteiger partial charge in [0, 0.05) is 25.0 Å². The molecule has 4 heteroatoms. The van der Waals surface area contributed by atoms with E-state index in [0.29, 0.717) is 25.5 Å². The van der Waals surface area contributed by atoms with Crippen molar-refractivity contribution in [2.24, 2.45) is 11.8 Å². The maximum Gasteiger partial charge on any atom is 0.261 e. The monoisotopic (exact) mass is 409 g/mol. The Morgan fingerprint density at radius 3 is 2.14 bits per heavy atom. The summed E-state index contributed by atoms with van der Waals surface area (Å²) in [6.45, 7) is 9.26. The zero-order chi connectivity index (χ0) is 20.3. The van der Waals surface area contributed by atoms with Crippen LogP contribution in [0.15, 0.2) is 60.7 Å². The molecule has 0 spiro atoms. The number of halogens is 1. The van der Waals surface area contributed by atoms with Gasteiger partial charge in [0.1, 0.15) is 6.17 Å². The summed E-state index contributed by atoms with van der Waals surface area (Å²) in [5.74, 6) is 1.40. The quantitative estimate of drug-likeness (QED) is 0.692. The van der Waals surface area contributed by atoms with E-state index in [2.05, 4.69) is 86.3 Å². The van der Waals surface area contributed by atoms with Gasteiger partial charge in [-0.1, -0.05) is 81.4 Å². The predicted molar refractivity (Wildman–Crippen MR) is 119 cm³/mol. The van der Waals surface area contributed by atoms with Gasteiger partial charge in [0.2, 0.25) is 0 Å². The number of hydrogen-bond acceptors (Lipinski definition) is 2. The third-order valence-corrected chi connectivity index (χ3v) is 12.6. The van der Waals surface area contributed by atoms with E-state index in [1.54, 1.807) is 0 Å². The molecule has 2 nitrogen and oxygen atoms in total. The molecule has 0 bridgehead atoms. The Balaban J connectivity index is 1.58. The predicted octanol–water partition coefficient (Wildman–Crippen LogP) is 4.00. The smallest absolute Gasteiger partial charge is 0.261 e. The van der Waals surface area contributed by atoms with E-state index in [1.165, 1.54) is 16.8 Å². The first-order valence-corrected chi connectivity index (χ1v) is 12.9.